The van der Waals surface area contributed by atoms with Gasteiger partial charge in [0.15, 0.2) is 5.78 Å². The lowest BCUT2D eigenvalue weighted by atomic mass is 10.1. The van der Waals surface area contributed by atoms with E-state index in [1.54, 1.807) is 24.3 Å². The monoisotopic (exact) mass is 420 g/mol. The Morgan fingerprint density at radius 3 is 2.69 bits per heavy atom. The summed E-state index contributed by atoms with van der Waals surface area (Å²) in [6.45, 7) is 2.25. The molecule has 0 radical (unpaired) electrons. The van der Waals surface area contributed by atoms with E-state index in [0.29, 0.717) is 30.0 Å². The fourth-order valence-corrected chi connectivity index (χ4v) is 4.06. The summed E-state index contributed by atoms with van der Waals surface area (Å²) < 4.78 is 28.9. The Balaban J connectivity index is 1.77. The van der Waals surface area contributed by atoms with Crippen molar-refractivity contribution in [2.45, 2.75) is 26.4 Å². The molecule has 1 N–H and O–H groups in total. The highest BCUT2D eigenvalue weighted by Gasteiger charge is 2.26. The van der Waals surface area contributed by atoms with Gasteiger partial charge in [-0.25, -0.2) is 9.65 Å². The van der Waals surface area contributed by atoms with Gasteiger partial charge in [0.1, 0.15) is 5.75 Å². The molecule has 154 valence electrons. The highest BCUT2D eigenvalue weighted by molar-refractivity contribution is 7.51. The van der Waals surface area contributed by atoms with Crippen LogP contribution in [0.25, 0.3) is 0 Å². The molecule has 0 bridgehead atoms. The van der Waals surface area contributed by atoms with E-state index in [1.807, 2.05) is 0 Å². The van der Waals surface area contributed by atoms with Crippen LogP contribution in [0.1, 0.15) is 35.7 Å². The van der Waals surface area contributed by atoms with E-state index in [9.17, 15) is 19.5 Å². The van der Waals surface area contributed by atoms with Crippen LogP contribution in [0.2, 0.25) is 0 Å². The summed E-state index contributed by atoms with van der Waals surface area (Å²) in [7, 11) is -3.41. The number of Topliss-reactive ketones (excluding diaryl/α,β-unsaturated/α-hetero) is 1. The van der Waals surface area contributed by atoms with Crippen molar-refractivity contribution in [2.24, 2.45) is 0 Å². The number of nitrogens with zero attached hydrogens (tertiary/aromatic N) is 1. The maximum Gasteiger partial charge on any atom is 0.405 e. The first-order valence-corrected chi connectivity index (χ1v) is 10.6. The number of carbonyl (C=O) groups excluding carboxylic acids is 1. The molecule has 2 aromatic rings. The van der Waals surface area contributed by atoms with Crippen LogP contribution in [0, 0.1) is 10.1 Å². The lowest BCUT2D eigenvalue weighted by Crippen LogP contribution is -2.13. The van der Waals surface area contributed by atoms with Crippen molar-refractivity contribution in [2.75, 3.05) is 13.2 Å². The summed E-state index contributed by atoms with van der Waals surface area (Å²) in [4.78, 5) is 22.2. The predicted octanol–water partition coefficient (Wildman–Crippen LogP) is 4.61. The SMILES string of the molecule is CC(=O)c1ccc(Oc2cc(COP3(=O)NCCCCO3)ccc2[N+](=O)[O-])cc1. The maximum absolute atomic E-state index is 12.5. The fourth-order valence-electron chi connectivity index (χ4n) is 2.68. The third-order valence-corrected chi connectivity index (χ3v) is 5.85. The van der Waals surface area contributed by atoms with Crippen molar-refractivity contribution in [1.29, 1.82) is 0 Å². The second-order valence-electron chi connectivity index (χ2n) is 6.46. The number of nitro groups is 1. The lowest BCUT2D eigenvalue weighted by Gasteiger charge is -2.16. The van der Waals surface area contributed by atoms with Crippen LogP contribution < -0.4 is 9.82 Å². The average molecular weight is 420 g/mol. The van der Waals surface area contributed by atoms with E-state index in [1.165, 1.54) is 25.1 Å². The molecule has 0 aliphatic carbocycles. The molecule has 0 aromatic heterocycles. The van der Waals surface area contributed by atoms with Gasteiger partial charge in [0, 0.05) is 18.2 Å². The van der Waals surface area contributed by atoms with Crippen LogP contribution in [0.4, 0.5) is 5.69 Å². The molecule has 0 amide bonds. The number of rotatable bonds is 7. The predicted molar refractivity (Wildman–Crippen MR) is 105 cm³/mol. The normalized spacial score (nSPS) is 19.3. The minimum Gasteiger partial charge on any atom is -0.450 e. The molecule has 1 aliphatic rings. The maximum atomic E-state index is 12.5. The first kappa shape index (κ1) is 21.1. The lowest BCUT2D eigenvalue weighted by molar-refractivity contribution is -0.385. The Kier molecular flexibility index (Phi) is 6.76. The molecule has 9 nitrogen and oxygen atoms in total. The first-order chi connectivity index (χ1) is 13.9. The number of ether oxygens (including phenoxy) is 1. The Morgan fingerprint density at radius 1 is 1.24 bits per heavy atom. The minimum atomic E-state index is -3.41. The van der Waals surface area contributed by atoms with Crippen molar-refractivity contribution in [1.82, 2.24) is 5.09 Å². The quantitative estimate of drug-likeness (QED) is 0.299. The van der Waals surface area contributed by atoms with Crippen LogP contribution in [0.15, 0.2) is 42.5 Å². The van der Waals surface area contributed by atoms with Crippen molar-refractivity contribution >= 4 is 19.2 Å². The van der Waals surface area contributed by atoms with Gasteiger partial charge in [-0.3, -0.25) is 24.0 Å². The number of benzene rings is 2. The molecule has 1 atom stereocenters. The van der Waals surface area contributed by atoms with E-state index in [2.05, 4.69) is 5.09 Å². The van der Waals surface area contributed by atoms with Crippen molar-refractivity contribution < 1.29 is 28.1 Å². The number of nitrogens with one attached hydrogen (secondary N) is 1. The second kappa shape index (κ2) is 9.28. The van der Waals surface area contributed by atoms with Crippen molar-refractivity contribution in [3.63, 3.8) is 0 Å². The van der Waals surface area contributed by atoms with Crippen LogP contribution in [-0.2, 0) is 20.2 Å². The third-order valence-electron chi connectivity index (χ3n) is 4.25. The van der Waals surface area contributed by atoms with Crippen LogP contribution in [-0.4, -0.2) is 23.9 Å². The number of hydrogen-bond donors (Lipinski definition) is 1. The number of carbonyl (C=O) groups is 1. The minimum absolute atomic E-state index is 0.0136. The molecular formula is C19H21N2O7P. The molecule has 3 rings (SSSR count). The molecule has 1 fully saturated rings. The molecule has 1 aliphatic heterocycles. The zero-order valence-electron chi connectivity index (χ0n) is 15.8. The van der Waals surface area contributed by atoms with Gasteiger partial charge in [-0.2, -0.15) is 0 Å². The zero-order valence-corrected chi connectivity index (χ0v) is 16.7. The molecule has 0 spiro atoms. The molecule has 29 heavy (non-hydrogen) atoms. The molecule has 2 aromatic carbocycles. The third kappa shape index (κ3) is 5.71. The fraction of sp³-hybridized carbons (Fsp3) is 0.316. The standard InChI is InChI=1S/C19H21N2O7P/c1-14(22)16-5-7-17(8-6-16)28-19-12-15(4-9-18(19)21(23)24)13-27-29(25)20-10-2-3-11-26-29/h4-9,12H,2-3,10-11,13H2,1H3,(H,20,25). The molecular weight excluding hydrogens is 399 g/mol. The molecule has 0 saturated carbocycles. The number of ketones is 1. The molecule has 1 heterocycles. The second-order valence-corrected chi connectivity index (χ2v) is 8.29. The average Bonchev–Trinajstić information content (AvgIpc) is 2.92. The van der Waals surface area contributed by atoms with Crippen LogP contribution in [0.5, 0.6) is 11.5 Å². The Hall–Kier alpha value is -2.58. The van der Waals surface area contributed by atoms with Crippen LogP contribution in [0.3, 0.4) is 0 Å². The van der Waals surface area contributed by atoms with Gasteiger partial charge < -0.3 is 4.74 Å². The summed E-state index contributed by atoms with van der Waals surface area (Å²) in [6, 6.07) is 10.6. The first-order valence-electron chi connectivity index (χ1n) is 9.07. The highest BCUT2D eigenvalue weighted by atomic mass is 31.2. The summed E-state index contributed by atoms with van der Waals surface area (Å²) in [6.07, 6.45) is 1.63. The van der Waals surface area contributed by atoms with Gasteiger partial charge in [-0.1, -0.05) is 0 Å². The smallest absolute Gasteiger partial charge is 0.405 e. The van der Waals surface area contributed by atoms with E-state index >= 15 is 0 Å². The van der Waals surface area contributed by atoms with Gasteiger partial charge in [-0.15, -0.1) is 0 Å². The summed E-state index contributed by atoms with van der Waals surface area (Å²) in [5.41, 5.74) is 0.824. The Bertz CT molecular complexity index is 934. The zero-order chi connectivity index (χ0) is 20.9. The number of hydrogen-bond acceptors (Lipinski definition) is 7. The van der Waals surface area contributed by atoms with Crippen LogP contribution >= 0.6 is 7.75 Å². The Morgan fingerprint density at radius 2 is 2.00 bits per heavy atom. The van der Waals surface area contributed by atoms with Crippen molar-refractivity contribution in [3.05, 3.63) is 63.7 Å². The van der Waals surface area contributed by atoms with E-state index in [-0.39, 0.29) is 23.8 Å². The van der Waals surface area contributed by atoms with E-state index in [4.69, 9.17) is 13.8 Å². The topological polar surface area (TPSA) is 117 Å². The van der Waals surface area contributed by atoms with Gasteiger partial charge in [0.25, 0.3) is 0 Å². The summed E-state index contributed by atoms with van der Waals surface area (Å²) in [5.74, 6) is 0.267. The highest BCUT2D eigenvalue weighted by Crippen LogP contribution is 2.46. The van der Waals surface area contributed by atoms with E-state index < -0.39 is 12.7 Å². The van der Waals surface area contributed by atoms with Gasteiger partial charge >= 0.3 is 13.4 Å². The number of nitro benzene ring substituents is 1. The van der Waals surface area contributed by atoms with Gasteiger partial charge in [-0.05, 0) is 61.7 Å². The summed E-state index contributed by atoms with van der Waals surface area (Å²) >= 11 is 0. The molecule has 1 saturated heterocycles. The van der Waals surface area contributed by atoms with Crippen molar-refractivity contribution in [3.8, 4) is 11.5 Å². The van der Waals surface area contributed by atoms with E-state index in [0.717, 1.165) is 12.8 Å². The molecule has 10 heteroatoms. The molecule has 1 unspecified atom stereocenters. The summed E-state index contributed by atoms with van der Waals surface area (Å²) in [5, 5.41) is 14.1. The largest absolute Gasteiger partial charge is 0.450 e. The van der Waals surface area contributed by atoms with Gasteiger partial charge in [0.2, 0.25) is 5.75 Å². The Labute approximate surface area is 167 Å². The van der Waals surface area contributed by atoms with Gasteiger partial charge in [0.05, 0.1) is 18.1 Å².